The zero-order valence-electron chi connectivity index (χ0n) is 8.71. The topological polar surface area (TPSA) is 86.0 Å². The Morgan fingerprint density at radius 2 is 2.00 bits per heavy atom. The van der Waals surface area contributed by atoms with Gasteiger partial charge in [-0.05, 0) is 12.1 Å². The fraction of sp³-hybridized carbons (Fsp3) is 0.100. The fourth-order valence-corrected chi connectivity index (χ4v) is 1.30. The number of hydrogen-bond donors (Lipinski definition) is 2. The number of nitrogens with zero attached hydrogens (tertiary/aromatic N) is 3. The van der Waals surface area contributed by atoms with E-state index in [0.717, 1.165) is 5.69 Å². The summed E-state index contributed by atoms with van der Waals surface area (Å²) in [5.41, 5.74) is 4.53. The molecule has 0 aliphatic carbocycles. The zero-order valence-corrected chi connectivity index (χ0v) is 8.71. The van der Waals surface area contributed by atoms with Crippen molar-refractivity contribution in [3.63, 3.8) is 0 Å². The van der Waals surface area contributed by atoms with Crippen LogP contribution in [0.2, 0.25) is 0 Å². The van der Waals surface area contributed by atoms with Crippen LogP contribution in [0.5, 0.6) is 5.88 Å². The molecular weight excluding hydrogens is 206 g/mol. The van der Waals surface area contributed by atoms with Crippen molar-refractivity contribution in [2.45, 2.75) is 0 Å². The summed E-state index contributed by atoms with van der Waals surface area (Å²) in [4.78, 5) is 12.4. The summed E-state index contributed by atoms with van der Waals surface area (Å²) in [6, 6.07) is 3.53. The van der Waals surface area contributed by atoms with Crippen molar-refractivity contribution >= 4 is 5.69 Å². The number of ether oxygens (including phenoxy) is 1. The minimum absolute atomic E-state index is 0.434. The number of rotatable bonds is 3. The summed E-state index contributed by atoms with van der Waals surface area (Å²) in [6.45, 7) is 0. The van der Waals surface area contributed by atoms with Gasteiger partial charge in [0.1, 0.15) is 0 Å². The molecule has 16 heavy (non-hydrogen) atoms. The molecule has 2 aromatic heterocycles. The molecule has 0 saturated heterocycles. The van der Waals surface area contributed by atoms with Gasteiger partial charge in [-0.2, -0.15) is 0 Å². The molecule has 0 atom stereocenters. The van der Waals surface area contributed by atoms with E-state index in [2.05, 4.69) is 20.4 Å². The molecule has 2 heterocycles. The van der Waals surface area contributed by atoms with Crippen molar-refractivity contribution in [2.75, 3.05) is 12.5 Å². The van der Waals surface area contributed by atoms with E-state index in [1.54, 1.807) is 37.8 Å². The smallest absolute Gasteiger partial charge is 0.241 e. The second-order valence-corrected chi connectivity index (χ2v) is 2.99. The van der Waals surface area contributed by atoms with Crippen LogP contribution in [0.15, 0.2) is 30.7 Å². The number of nitrogen functional groups attached to an aromatic ring is 1. The van der Waals surface area contributed by atoms with Crippen molar-refractivity contribution in [3.05, 3.63) is 30.7 Å². The maximum atomic E-state index is 5.32. The number of nitrogens with two attached hydrogens (primary N) is 1. The van der Waals surface area contributed by atoms with E-state index in [4.69, 9.17) is 10.6 Å². The van der Waals surface area contributed by atoms with Crippen LogP contribution < -0.4 is 16.0 Å². The lowest BCUT2D eigenvalue weighted by atomic mass is 10.2. The molecule has 6 heteroatoms. The third-order valence-electron chi connectivity index (χ3n) is 2.03. The molecule has 0 aliphatic heterocycles. The van der Waals surface area contributed by atoms with E-state index in [1.165, 1.54) is 0 Å². The molecule has 0 aliphatic rings. The Morgan fingerprint density at radius 3 is 2.75 bits per heavy atom. The van der Waals surface area contributed by atoms with Gasteiger partial charge in [-0.25, -0.2) is 9.97 Å². The van der Waals surface area contributed by atoms with Gasteiger partial charge in [0.25, 0.3) is 0 Å². The highest BCUT2D eigenvalue weighted by atomic mass is 16.5. The summed E-state index contributed by atoms with van der Waals surface area (Å²) in [5, 5.41) is 0. The predicted octanol–water partition coefficient (Wildman–Crippen LogP) is 0.833. The van der Waals surface area contributed by atoms with Gasteiger partial charge in [-0.15, -0.1) is 0 Å². The number of hydrogen-bond acceptors (Lipinski definition) is 6. The average Bonchev–Trinajstić information content (AvgIpc) is 2.38. The summed E-state index contributed by atoms with van der Waals surface area (Å²) in [5.74, 6) is 5.76. The quantitative estimate of drug-likeness (QED) is 0.585. The first-order valence-electron chi connectivity index (χ1n) is 4.63. The number of hydrazine groups is 1. The normalized spacial score (nSPS) is 9.88. The minimum Gasteiger partial charge on any atom is -0.479 e. The van der Waals surface area contributed by atoms with Gasteiger partial charge in [-0.3, -0.25) is 10.8 Å². The highest BCUT2D eigenvalue weighted by Crippen LogP contribution is 2.24. The third kappa shape index (κ3) is 1.91. The SMILES string of the molecule is COc1nccnc1-c1cc(NN)ccn1. The van der Waals surface area contributed by atoms with Gasteiger partial charge in [0.15, 0.2) is 5.69 Å². The fourth-order valence-electron chi connectivity index (χ4n) is 1.30. The molecule has 2 aromatic rings. The van der Waals surface area contributed by atoms with Crippen LogP contribution in [0.3, 0.4) is 0 Å². The molecule has 82 valence electrons. The lowest BCUT2D eigenvalue weighted by Gasteiger charge is -2.06. The number of methoxy groups -OCH3 is 1. The second-order valence-electron chi connectivity index (χ2n) is 2.99. The Bertz CT molecular complexity index is 488. The maximum absolute atomic E-state index is 5.32. The molecule has 0 fully saturated rings. The van der Waals surface area contributed by atoms with Crippen molar-refractivity contribution in [1.82, 2.24) is 15.0 Å². The van der Waals surface area contributed by atoms with Crippen LogP contribution >= 0.6 is 0 Å². The number of aromatic nitrogens is 3. The van der Waals surface area contributed by atoms with Crippen molar-refractivity contribution < 1.29 is 4.74 Å². The lowest BCUT2D eigenvalue weighted by Crippen LogP contribution is -2.07. The first-order valence-corrected chi connectivity index (χ1v) is 4.63. The van der Waals surface area contributed by atoms with Gasteiger partial charge >= 0.3 is 0 Å². The third-order valence-corrected chi connectivity index (χ3v) is 2.03. The zero-order chi connectivity index (χ0) is 11.4. The molecule has 0 unspecified atom stereocenters. The molecule has 0 bridgehead atoms. The molecule has 6 nitrogen and oxygen atoms in total. The Kier molecular flexibility index (Phi) is 2.93. The van der Waals surface area contributed by atoms with E-state index < -0.39 is 0 Å². The van der Waals surface area contributed by atoms with Crippen LogP contribution in [0.25, 0.3) is 11.4 Å². The predicted molar refractivity (Wildman–Crippen MR) is 59.6 cm³/mol. The van der Waals surface area contributed by atoms with Crippen molar-refractivity contribution in [3.8, 4) is 17.3 Å². The number of anilines is 1. The Balaban J connectivity index is 2.49. The summed E-state index contributed by atoms with van der Waals surface area (Å²) in [6.07, 6.45) is 4.79. The van der Waals surface area contributed by atoms with Crippen LogP contribution in [-0.2, 0) is 0 Å². The van der Waals surface area contributed by atoms with Gasteiger partial charge in [0.2, 0.25) is 5.88 Å². The van der Waals surface area contributed by atoms with E-state index in [1.807, 2.05) is 0 Å². The van der Waals surface area contributed by atoms with E-state index in [0.29, 0.717) is 17.3 Å². The molecule has 0 radical (unpaired) electrons. The molecular formula is C10H11N5O. The van der Waals surface area contributed by atoms with Crippen molar-refractivity contribution in [2.24, 2.45) is 5.84 Å². The Morgan fingerprint density at radius 1 is 1.19 bits per heavy atom. The van der Waals surface area contributed by atoms with E-state index >= 15 is 0 Å². The van der Waals surface area contributed by atoms with Gasteiger partial charge in [0.05, 0.1) is 18.5 Å². The molecule has 0 saturated carbocycles. The standard InChI is InChI=1S/C10H11N5O/c1-16-10-9(13-4-5-14-10)8-6-7(15-11)2-3-12-8/h2-6H,11H2,1H3,(H,12,15). The Labute approximate surface area is 92.5 Å². The number of nitrogens with one attached hydrogen (secondary N) is 1. The maximum Gasteiger partial charge on any atom is 0.241 e. The van der Waals surface area contributed by atoms with Gasteiger partial charge in [0, 0.05) is 18.6 Å². The first kappa shape index (κ1) is 10.3. The number of pyridine rings is 1. The lowest BCUT2D eigenvalue weighted by molar-refractivity contribution is 0.397. The summed E-state index contributed by atoms with van der Waals surface area (Å²) in [7, 11) is 1.54. The second kappa shape index (κ2) is 4.54. The van der Waals surface area contributed by atoms with E-state index in [-0.39, 0.29) is 0 Å². The summed E-state index contributed by atoms with van der Waals surface area (Å²) < 4.78 is 5.11. The first-order chi connectivity index (χ1) is 7.85. The minimum atomic E-state index is 0.434. The largest absolute Gasteiger partial charge is 0.479 e. The highest BCUT2D eigenvalue weighted by molar-refractivity contribution is 5.64. The van der Waals surface area contributed by atoms with Crippen molar-refractivity contribution in [1.29, 1.82) is 0 Å². The van der Waals surface area contributed by atoms with E-state index in [9.17, 15) is 0 Å². The van der Waals surface area contributed by atoms with Gasteiger partial charge < -0.3 is 10.2 Å². The van der Waals surface area contributed by atoms with Crippen LogP contribution in [0.1, 0.15) is 0 Å². The molecule has 2 rings (SSSR count). The molecule has 0 aromatic carbocycles. The van der Waals surface area contributed by atoms with Crippen LogP contribution in [0, 0.1) is 0 Å². The highest BCUT2D eigenvalue weighted by Gasteiger charge is 2.09. The van der Waals surface area contributed by atoms with Gasteiger partial charge in [-0.1, -0.05) is 0 Å². The van der Waals surface area contributed by atoms with Crippen LogP contribution in [0.4, 0.5) is 5.69 Å². The average molecular weight is 217 g/mol. The molecule has 0 amide bonds. The molecule has 0 spiro atoms. The Hall–Kier alpha value is -2.21. The monoisotopic (exact) mass is 217 g/mol. The van der Waals surface area contributed by atoms with Crippen LogP contribution in [-0.4, -0.2) is 22.1 Å². The molecule has 3 N–H and O–H groups in total. The summed E-state index contributed by atoms with van der Waals surface area (Å²) >= 11 is 0.